The summed E-state index contributed by atoms with van der Waals surface area (Å²) in [6, 6.07) is -0.468. The Bertz CT molecular complexity index is 2070. The first-order chi connectivity index (χ1) is 34.7. The van der Waals surface area contributed by atoms with Crippen LogP contribution in [0.25, 0.3) is 0 Å². The number of aldehydes is 1. The van der Waals surface area contributed by atoms with Gasteiger partial charge in [0, 0.05) is 111 Å². The van der Waals surface area contributed by atoms with Crippen LogP contribution in [0.1, 0.15) is 122 Å². The first-order valence-electron chi connectivity index (χ1n) is 24.8. The lowest BCUT2D eigenvalue weighted by atomic mass is 8.64. The second-order valence-corrected chi connectivity index (χ2v) is 18.9. The molecular weight excluding hydrogens is 940 g/mol. The zero-order valence-electron chi connectivity index (χ0n) is 45.6. The maximum absolute atomic E-state index is 11.3. The van der Waals surface area contributed by atoms with Crippen LogP contribution in [-0.4, -0.2) is 178 Å². The van der Waals surface area contributed by atoms with Gasteiger partial charge >= 0.3 is 5.97 Å². The van der Waals surface area contributed by atoms with Gasteiger partial charge in [0.15, 0.2) is 0 Å². The van der Waals surface area contributed by atoms with E-state index in [0.717, 1.165) is 19.1 Å². The maximum Gasteiger partial charge on any atom is 0.331 e. The Morgan fingerprint density at radius 1 is 0.667 bits per heavy atom. The highest BCUT2D eigenvalue weighted by Gasteiger charge is 2.37. The fraction of sp³-hybridized carbons (Fsp3) is 0.615. The number of carbonyl (C=O) groups is 5. The van der Waals surface area contributed by atoms with Crippen molar-refractivity contribution in [3.8, 4) is 0 Å². The molecule has 3 rings (SSSR count). The molecule has 3 aliphatic carbocycles. The van der Waals surface area contributed by atoms with Gasteiger partial charge in [0.2, 0.25) is 17.7 Å². The second kappa shape index (κ2) is 42.5. The van der Waals surface area contributed by atoms with Crippen molar-refractivity contribution in [2.75, 3.05) is 13.2 Å². The number of amides is 3. The summed E-state index contributed by atoms with van der Waals surface area (Å²) in [5.74, 6) is -1.08. The van der Waals surface area contributed by atoms with E-state index in [1.54, 1.807) is 6.08 Å². The van der Waals surface area contributed by atoms with E-state index in [-0.39, 0.29) is 117 Å². The van der Waals surface area contributed by atoms with Crippen molar-refractivity contribution < 1.29 is 53.5 Å². The number of carbonyl (C=O) groups excluding carboxylic acids is 4. The molecule has 11 radical (unpaired) electrons. The van der Waals surface area contributed by atoms with Crippen molar-refractivity contribution in [3.05, 3.63) is 88.2 Å². The molecule has 9 atom stereocenters. The number of allylic oxidation sites excluding steroid dienone is 2. The predicted octanol–water partition coefficient (Wildman–Crippen LogP) is 3.27. The average Bonchev–Trinajstić information content (AvgIpc) is 3.27. The van der Waals surface area contributed by atoms with Gasteiger partial charge in [-0.05, 0) is 153 Å². The van der Waals surface area contributed by atoms with Gasteiger partial charge in [-0.3, -0.25) is 14.4 Å². The molecule has 0 saturated carbocycles. The van der Waals surface area contributed by atoms with Gasteiger partial charge in [0.05, 0.1) is 54.7 Å². The Hall–Kier alpha value is -4.65. The minimum atomic E-state index is -0.980. The van der Waals surface area contributed by atoms with Gasteiger partial charge in [0.25, 0.3) is 0 Å². The third kappa shape index (κ3) is 33.9. The van der Waals surface area contributed by atoms with Gasteiger partial charge in [-0.1, -0.05) is 42.2 Å². The normalized spacial score (nSPS) is 21.8. The number of aliphatic hydroxyl groups excluding tert-OH is 2. The van der Waals surface area contributed by atoms with Crippen molar-refractivity contribution in [2.24, 2.45) is 17.8 Å². The number of hydrogen-bond acceptors (Lipinski definition) is 10. The third-order valence-electron chi connectivity index (χ3n) is 11.1. The number of carboxylic acids is 1. The van der Waals surface area contributed by atoms with E-state index in [0.29, 0.717) is 25.7 Å². The van der Waals surface area contributed by atoms with Crippen molar-refractivity contribution in [2.45, 2.75) is 177 Å². The van der Waals surface area contributed by atoms with Gasteiger partial charge in [0.1, 0.15) is 6.29 Å². The van der Waals surface area contributed by atoms with Gasteiger partial charge in [-0.2, -0.15) is 0 Å². The van der Waals surface area contributed by atoms with Crippen molar-refractivity contribution >= 4 is 94.9 Å². The Balaban J connectivity index is -0.000000891. The van der Waals surface area contributed by atoms with Crippen LogP contribution in [-0.2, 0) is 38.2 Å². The molecule has 0 spiro atoms. The highest BCUT2D eigenvalue weighted by atomic mass is 16.5. The monoisotopic (exact) mass is 1020 g/mol. The molecule has 0 aromatic carbocycles. The summed E-state index contributed by atoms with van der Waals surface area (Å²) in [5, 5.41) is 36.2. The van der Waals surface area contributed by atoms with Gasteiger partial charge in [-0.25, -0.2) is 4.79 Å². The smallest absolute Gasteiger partial charge is 0.331 e. The minimum Gasteiger partial charge on any atom is -0.478 e. The topological polar surface area (TPSA) is 210 Å². The third-order valence-corrected chi connectivity index (χ3v) is 11.1. The maximum atomic E-state index is 11.3. The number of ether oxygens (including phenoxy) is 3. The molecule has 0 fully saturated rings. The zero-order chi connectivity index (χ0) is 57.1. The van der Waals surface area contributed by atoms with E-state index >= 15 is 0 Å². The fourth-order valence-corrected chi connectivity index (χ4v) is 8.29. The van der Waals surface area contributed by atoms with E-state index < -0.39 is 24.8 Å². The molecule has 0 bridgehead atoms. The SMILES string of the molecule is C.C=C=C=C=C=C=C=C=C.CC(=O)N[C@@H]1[C@@H](CC=O)CC(C)=C[C@H]1OC(C)C.CC(=O)N[C@@H]1[C@@H](CCO)CC(C(=O)O)=C[C@H]1OC(C)C.CC(=O)N[C@@H]1[C@@H](CCO)CC(C)=C[C@H]1OC(C)C.[B][B]B(B([B])[B])B([B])[B]. The van der Waals surface area contributed by atoms with Crippen LogP contribution < -0.4 is 16.0 Å². The summed E-state index contributed by atoms with van der Waals surface area (Å²) in [6.07, 6.45) is 8.18. The molecule has 3 aliphatic rings. The number of nitrogens with one attached hydrogen (secondary N) is 3. The van der Waals surface area contributed by atoms with Gasteiger partial charge < -0.3 is 50.3 Å². The number of hydrogen-bond donors (Lipinski definition) is 6. The Kier molecular flexibility index (Phi) is 42.2. The first-order valence-corrected chi connectivity index (χ1v) is 24.8. The van der Waals surface area contributed by atoms with Crippen molar-refractivity contribution in [1.82, 2.24) is 16.0 Å². The van der Waals surface area contributed by atoms with Crippen molar-refractivity contribution in [1.29, 1.82) is 0 Å². The van der Waals surface area contributed by atoms with Crippen LogP contribution in [0.2, 0.25) is 0 Å². The van der Waals surface area contributed by atoms with Crippen LogP contribution in [0.3, 0.4) is 0 Å². The summed E-state index contributed by atoms with van der Waals surface area (Å²) in [6.45, 7) is 26.8. The standard InChI is InChI=1S/C14H23NO5.C14H25NO3.C14H23NO3.C9H4.CH4.B9/c1-8(2)20-12-7-11(14(18)19)6-10(4-5-16)13(12)15-9(3)17;2*1-9(2)18-13-8-10(3)7-12(5-6-16)14(13)15-11(4)17;1-3-5-7-9-8-6-4-2;;1-6-9(7(2)3)8(4)5/h7-8,10,12-13,16H,4-6H2,1-3H3,(H,15,17)(H,18,19);8-9,12-14,16H,5-7H2,1-4H3,(H,15,17);6,8-9,12-14H,5,7H2,1-4H3,(H,15,17);1-2H2;1H4;/t10-,12+,13+;2*12-,13+,14+;;;/m000.../s1. The quantitative estimate of drug-likeness (QED) is 0.0479. The summed E-state index contributed by atoms with van der Waals surface area (Å²) in [4.78, 5) is 55.9. The minimum absolute atomic E-state index is 0. The number of carboxylic acid groups (broad SMARTS) is 1. The lowest BCUT2D eigenvalue weighted by molar-refractivity contribution is -0.133. The second-order valence-electron chi connectivity index (χ2n) is 18.9. The molecule has 0 heterocycles. The molecule has 0 aromatic heterocycles. The number of aliphatic hydroxyl groups is 2. The Morgan fingerprint density at radius 2 is 1.00 bits per heavy atom. The van der Waals surface area contributed by atoms with Crippen LogP contribution in [0.15, 0.2) is 88.2 Å². The predicted molar refractivity (Wildman–Crippen MR) is 309 cm³/mol. The van der Waals surface area contributed by atoms with Gasteiger partial charge in [-0.15, -0.1) is 0 Å². The van der Waals surface area contributed by atoms with E-state index in [4.69, 9.17) is 63.1 Å². The number of aliphatic carboxylic acids is 1. The Labute approximate surface area is 458 Å². The van der Waals surface area contributed by atoms with E-state index in [2.05, 4.69) is 88.3 Å². The molecule has 3 amide bonds. The highest BCUT2D eigenvalue weighted by molar-refractivity contribution is 7.93. The molecule has 0 unspecified atom stereocenters. The van der Waals surface area contributed by atoms with E-state index in [9.17, 15) is 29.1 Å². The molecule has 23 heteroatoms. The summed E-state index contributed by atoms with van der Waals surface area (Å²) < 4.78 is 17.4. The van der Waals surface area contributed by atoms with Crippen LogP contribution in [0.5, 0.6) is 0 Å². The molecule has 0 aliphatic heterocycles. The molecule has 0 saturated heterocycles. The molecule has 6 N–H and O–H groups in total. The zero-order valence-corrected chi connectivity index (χ0v) is 45.6. The van der Waals surface area contributed by atoms with Crippen LogP contribution in [0.4, 0.5) is 0 Å². The molecular formula is C52H79B9N3O11. The first kappa shape index (κ1) is 74.6. The summed E-state index contributed by atoms with van der Waals surface area (Å²) in [7, 11) is 27.5. The summed E-state index contributed by atoms with van der Waals surface area (Å²) >= 11 is 0. The van der Waals surface area contributed by atoms with E-state index in [1.807, 2.05) is 48.5 Å². The molecule has 395 valence electrons. The molecule has 75 heavy (non-hydrogen) atoms. The summed E-state index contributed by atoms with van der Waals surface area (Å²) in [5.41, 5.74) is 19.7. The van der Waals surface area contributed by atoms with E-state index in [1.165, 1.54) is 39.0 Å². The number of rotatable bonds is 19. The van der Waals surface area contributed by atoms with Crippen LogP contribution in [0, 0.1) is 17.8 Å². The lowest BCUT2D eigenvalue weighted by Crippen LogP contribution is -2.55. The van der Waals surface area contributed by atoms with Crippen molar-refractivity contribution in [3.63, 3.8) is 0 Å². The fourth-order valence-electron chi connectivity index (χ4n) is 8.29. The Morgan fingerprint density at radius 3 is 1.28 bits per heavy atom. The lowest BCUT2D eigenvalue weighted by Gasteiger charge is -2.37. The van der Waals surface area contributed by atoms with Crippen LogP contribution >= 0.6 is 0 Å². The average molecular weight is 1020 g/mol. The molecule has 0 aromatic rings. The molecule has 14 nitrogen and oxygen atoms in total. The highest BCUT2D eigenvalue weighted by Crippen LogP contribution is 2.32. The largest absolute Gasteiger partial charge is 0.478 e.